The quantitative estimate of drug-likeness (QED) is 0.781. The molecule has 1 aromatic rings. The van der Waals surface area contributed by atoms with Crippen molar-refractivity contribution < 1.29 is 14.6 Å². The summed E-state index contributed by atoms with van der Waals surface area (Å²) in [7, 11) is 3.20. The Morgan fingerprint density at radius 2 is 1.72 bits per heavy atom. The molecule has 0 amide bonds. The molecule has 1 rings (SSSR count). The molecule has 0 bridgehead atoms. The van der Waals surface area contributed by atoms with E-state index in [1.54, 1.807) is 20.3 Å². The Hall–Kier alpha value is -1.26. The van der Waals surface area contributed by atoms with Crippen molar-refractivity contribution in [2.45, 2.75) is 32.4 Å². The van der Waals surface area contributed by atoms with Gasteiger partial charge in [0.15, 0.2) is 0 Å². The van der Waals surface area contributed by atoms with Crippen LogP contribution in [0.15, 0.2) is 18.2 Å². The lowest BCUT2D eigenvalue weighted by molar-refractivity contribution is 0.169. The lowest BCUT2D eigenvalue weighted by Crippen LogP contribution is -2.29. The standard InChI is InChI=1S/C14H23NO3/c1-5-10(2)15-9-14(16)11-6-12(17-3)8-13(7-11)18-4/h6-8,10,14-16H,5,9H2,1-4H3. The van der Waals surface area contributed by atoms with Crippen LogP contribution in [0.2, 0.25) is 0 Å². The van der Waals surface area contributed by atoms with E-state index in [2.05, 4.69) is 19.2 Å². The van der Waals surface area contributed by atoms with E-state index < -0.39 is 6.10 Å². The molecule has 0 aliphatic rings. The number of aliphatic hydroxyl groups is 1. The van der Waals surface area contributed by atoms with Crippen molar-refractivity contribution >= 4 is 0 Å². The van der Waals surface area contributed by atoms with Crippen LogP contribution in [0.1, 0.15) is 31.9 Å². The fourth-order valence-corrected chi connectivity index (χ4v) is 1.60. The number of hydrogen-bond donors (Lipinski definition) is 2. The molecule has 0 aliphatic carbocycles. The molecule has 0 saturated heterocycles. The first-order valence-electron chi connectivity index (χ1n) is 6.25. The molecule has 1 aromatic carbocycles. The van der Waals surface area contributed by atoms with E-state index in [0.717, 1.165) is 12.0 Å². The zero-order chi connectivity index (χ0) is 13.5. The fourth-order valence-electron chi connectivity index (χ4n) is 1.60. The zero-order valence-electron chi connectivity index (χ0n) is 11.6. The van der Waals surface area contributed by atoms with Gasteiger partial charge in [0.1, 0.15) is 11.5 Å². The van der Waals surface area contributed by atoms with E-state index in [1.807, 2.05) is 12.1 Å². The van der Waals surface area contributed by atoms with E-state index in [1.165, 1.54) is 0 Å². The number of ether oxygens (including phenoxy) is 2. The maximum Gasteiger partial charge on any atom is 0.122 e. The smallest absolute Gasteiger partial charge is 0.122 e. The van der Waals surface area contributed by atoms with Gasteiger partial charge in [-0.25, -0.2) is 0 Å². The lowest BCUT2D eigenvalue weighted by atomic mass is 10.1. The molecule has 102 valence electrons. The van der Waals surface area contributed by atoms with E-state index in [9.17, 15) is 5.11 Å². The highest BCUT2D eigenvalue weighted by atomic mass is 16.5. The number of methoxy groups -OCH3 is 2. The first kappa shape index (κ1) is 14.8. The summed E-state index contributed by atoms with van der Waals surface area (Å²) in [6.07, 6.45) is 0.469. The molecule has 2 atom stereocenters. The van der Waals surface area contributed by atoms with E-state index in [0.29, 0.717) is 24.1 Å². The predicted octanol–water partition coefficient (Wildman–Crippen LogP) is 2.13. The Morgan fingerprint density at radius 1 is 1.17 bits per heavy atom. The maximum atomic E-state index is 10.1. The second kappa shape index (κ2) is 7.24. The van der Waals surface area contributed by atoms with Gasteiger partial charge in [0, 0.05) is 18.7 Å². The molecule has 18 heavy (non-hydrogen) atoms. The van der Waals surface area contributed by atoms with Crippen LogP contribution < -0.4 is 14.8 Å². The van der Waals surface area contributed by atoms with Gasteiger partial charge in [-0.15, -0.1) is 0 Å². The molecule has 2 N–H and O–H groups in total. The fraction of sp³-hybridized carbons (Fsp3) is 0.571. The Labute approximate surface area is 109 Å². The monoisotopic (exact) mass is 253 g/mol. The van der Waals surface area contributed by atoms with Crippen molar-refractivity contribution in [3.63, 3.8) is 0 Å². The van der Waals surface area contributed by atoms with Crippen molar-refractivity contribution in [2.75, 3.05) is 20.8 Å². The number of benzene rings is 1. The lowest BCUT2D eigenvalue weighted by Gasteiger charge is -2.17. The van der Waals surface area contributed by atoms with Crippen LogP contribution in [0, 0.1) is 0 Å². The van der Waals surface area contributed by atoms with Gasteiger partial charge < -0.3 is 19.9 Å². The van der Waals surface area contributed by atoms with Gasteiger partial charge in [-0.2, -0.15) is 0 Å². The molecule has 0 fully saturated rings. The highest BCUT2D eigenvalue weighted by molar-refractivity contribution is 5.39. The maximum absolute atomic E-state index is 10.1. The molecule has 0 aromatic heterocycles. The van der Waals surface area contributed by atoms with Gasteiger partial charge in [0.25, 0.3) is 0 Å². The summed E-state index contributed by atoms with van der Waals surface area (Å²) >= 11 is 0. The molecular formula is C14H23NO3. The topological polar surface area (TPSA) is 50.7 Å². The summed E-state index contributed by atoms with van der Waals surface area (Å²) in [5.41, 5.74) is 0.794. The summed E-state index contributed by atoms with van der Waals surface area (Å²) in [4.78, 5) is 0. The molecule has 0 heterocycles. The molecule has 0 saturated carbocycles. The Bertz CT molecular complexity index is 346. The largest absolute Gasteiger partial charge is 0.497 e. The minimum absolute atomic E-state index is 0.396. The van der Waals surface area contributed by atoms with Crippen LogP contribution in [-0.4, -0.2) is 31.9 Å². The van der Waals surface area contributed by atoms with Gasteiger partial charge in [0.05, 0.1) is 20.3 Å². The van der Waals surface area contributed by atoms with E-state index in [-0.39, 0.29) is 0 Å². The highest BCUT2D eigenvalue weighted by Crippen LogP contribution is 2.26. The third-order valence-electron chi connectivity index (χ3n) is 3.03. The summed E-state index contributed by atoms with van der Waals surface area (Å²) in [6.45, 7) is 4.73. The molecule has 0 spiro atoms. The minimum atomic E-state index is -0.567. The Balaban J connectivity index is 2.74. The molecule has 0 radical (unpaired) electrons. The van der Waals surface area contributed by atoms with Gasteiger partial charge in [-0.05, 0) is 31.0 Å². The number of aliphatic hydroxyl groups excluding tert-OH is 1. The van der Waals surface area contributed by atoms with Crippen molar-refractivity contribution in [3.05, 3.63) is 23.8 Å². The van der Waals surface area contributed by atoms with Crippen molar-refractivity contribution in [1.82, 2.24) is 5.32 Å². The zero-order valence-corrected chi connectivity index (χ0v) is 11.6. The first-order chi connectivity index (χ1) is 8.60. The van der Waals surface area contributed by atoms with Gasteiger partial charge in [-0.1, -0.05) is 6.92 Å². The van der Waals surface area contributed by atoms with Gasteiger partial charge in [-0.3, -0.25) is 0 Å². The SMILES string of the molecule is CCC(C)NCC(O)c1cc(OC)cc(OC)c1. The van der Waals surface area contributed by atoms with Gasteiger partial charge >= 0.3 is 0 Å². The number of nitrogens with one attached hydrogen (secondary N) is 1. The van der Waals surface area contributed by atoms with Crippen LogP contribution in [0.3, 0.4) is 0 Å². The summed E-state index contributed by atoms with van der Waals surface area (Å²) in [5, 5.41) is 13.4. The van der Waals surface area contributed by atoms with E-state index >= 15 is 0 Å². The summed E-state index contributed by atoms with van der Waals surface area (Å²) < 4.78 is 10.4. The third-order valence-corrected chi connectivity index (χ3v) is 3.03. The molecule has 4 nitrogen and oxygen atoms in total. The average molecular weight is 253 g/mol. The van der Waals surface area contributed by atoms with Crippen molar-refractivity contribution in [3.8, 4) is 11.5 Å². The van der Waals surface area contributed by atoms with Crippen LogP contribution >= 0.6 is 0 Å². The Kier molecular flexibility index (Phi) is 5.95. The second-order valence-corrected chi connectivity index (χ2v) is 4.38. The second-order valence-electron chi connectivity index (χ2n) is 4.38. The van der Waals surface area contributed by atoms with E-state index in [4.69, 9.17) is 9.47 Å². The molecular weight excluding hydrogens is 230 g/mol. The van der Waals surface area contributed by atoms with Crippen LogP contribution in [0.25, 0.3) is 0 Å². The van der Waals surface area contributed by atoms with Crippen LogP contribution in [0.4, 0.5) is 0 Å². The number of hydrogen-bond acceptors (Lipinski definition) is 4. The molecule has 2 unspecified atom stereocenters. The number of rotatable bonds is 7. The highest BCUT2D eigenvalue weighted by Gasteiger charge is 2.11. The first-order valence-corrected chi connectivity index (χ1v) is 6.25. The normalized spacial score (nSPS) is 14.1. The van der Waals surface area contributed by atoms with Crippen molar-refractivity contribution in [1.29, 1.82) is 0 Å². The van der Waals surface area contributed by atoms with Crippen LogP contribution in [-0.2, 0) is 0 Å². The average Bonchev–Trinajstić information content (AvgIpc) is 2.43. The summed E-state index contributed by atoms with van der Waals surface area (Å²) in [5.74, 6) is 1.37. The Morgan fingerprint density at radius 3 is 2.17 bits per heavy atom. The summed E-state index contributed by atoms with van der Waals surface area (Å²) in [6, 6.07) is 5.84. The van der Waals surface area contributed by atoms with Crippen molar-refractivity contribution in [2.24, 2.45) is 0 Å². The third kappa shape index (κ3) is 4.20. The minimum Gasteiger partial charge on any atom is -0.497 e. The predicted molar refractivity (Wildman–Crippen MR) is 72.3 cm³/mol. The molecule has 4 heteroatoms. The van der Waals surface area contributed by atoms with Gasteiger partial charge in [0.2, 0.25) is 0 Å². The molecule has 0 aliphatic heterocycles. The van der Waals surface area contributed by atoms with Crippen LogP contribution in [0.5, 0.6) is 11.5 Å².